The van der Waals surface area contributed by atoms with E-state index < -0.39 is 0 Å². The second-order valence-corrected chi connectivity index (χ2v) is 5.96. The summed E-state index contributed by atoms with van der Waals surface area (Å²) in [7, 11) is 2.21. The molecular formula is C15H25N3O. The molecule has 0 spiro atoms. The van der Waals surface area contributed by atoms with E-state index in [1.807, 2.05) is 6.26 Å². The molecule has 0 unspecified atom stereocenters. The highest BCUT2D eigenvalue weighted by Crippen LogP contribution is 2.21. The number of hydrogen-bond donors (Lipinski definition) is 1. The minimum atomic E-state index is 0.759. The van der Waals surface area contributed by atoms with Crippen molar-refractivity contribution >= 4 is 0 Å². The first-order valence-electron chi connectivity index (χ1n) is 7.51. The van der Waals surface area contributed by atoms with Crippen LogP contribution in [0.1, 0.15) is 30.6 Å². The van der Waals surface area contributed by atoms with Gasteiger partial charge in [-0.3, -0.25) is 4.90 Å². The third kappa shape index (κ3) is 3.81. The van der Waals surface area contributed by atoms with Gasteiger partial charge in [-0.05, 0) is 45.5 Å². The fourth-order valence-corrected chi connectivity index (χ4v) is 2.67. The summed E-state index contributed by atoms with van der Waals surface area (Å²) in [4.78, 5) is 4.93. The van der Waals surface area contributed by atoms with Crippen molar-refractivity contribution < 1.29 is 4.42 Å². The Morgan fingerprint density at radius 2 is 2.16 bits per heavy atom. The predicted molar refractivity (Wildman–Crippen MR) is 76.0 cm³/mol. The number of likely N-dealkylation sites (N-methyl/N-ethyl adjacent to an activating group) is 1. The normalized spacial score (nSPS) is 22.6. The van der Waals surface area contributed by atoms with Crippen LogP contribution in [0.25, 0.3) is 0 Å². The highest BCUT2D eigenvalue weighted by atomic mass is 16.3. The van der Waals surface area contributed by atoms with E-state index in [0.717, 1.165) is 38.0 Å². The summed E-state index contributed by atoms with van der Waals surface area (Å²) in [5, 5.41) is 3.57. The Kier molecular flexibility index (Phi) is 4.21. The van der Waals surface area contributed by atoms with Crippen LogP contribution in [0.4, 0.5) is 0 Å². The Morgan fingerprint density at radius 1 is 1.26 bits per heavy atom. The number of rotatable bonds is 5. The second kappa shape index (κ2) is 6.07. The molecule has 106 valence electrons. The van der Waals surface area contributed by atoms with Gasteiger partial charge in [0.05, 0.1) is 12.8 Å². The average Bonchev–Trinajstić information content (AvgIpc) is 3.16. The summed E-state index contributed by atoms with van der Waals surface area (Å²) in [5.41, 5.74) is 1.34. The summed E-state index contributed by atoms with van der Waals surface area (Å²) in [6, 6.07) is 2.88. The van der Waals surface area contributed by atoms with Crippen LogP contribution in [-0.4, -0.2) is 49.1 Å². The first-order chi connectivity index (χ1) is 9.31. The van der Waals surface area contributed by atoms with Crippen molar-refractivity contribution in [3.63, 3.8) is 0 Å². The standard InChI is InChI=1S/C15H25N3O/c1-17-6-2-7-18(9-8-17)12-15-13(5-10-19-15)11-16-14-3-4-14/h5,10,14,16H,2-4,6-9,11-12H2,1H3. The Hall–Kier alpha value is -0.840. The fraction of sp³-hybridized carbons (Fsp3) is 0.733. The average molecular weight is 263 g/mol. The molecule has 1 aliphatic heterocycles. The zero-order valence-electron chi connectivity index (χ0n) is 11.9. The predicted octanol–water partition coefficient (Wildman–Crippen LogP) is 1.67. The van der Waals surface area contributed by atoms with Crippen LogP contribution in [0.5, 0.6) is 0 Å². The summed E-state index contributed by atoms with van der Waals surface area (Å²) in [6.07, 6.45) is 5.77. The Labute approximate surface area is 115 Å². The maximum atomic E-state index is 5.69. The molecule has 1 aromatic heterocycles. The van der Waals surface area contributed by atoms with E-state index in [2.05, 4.69) is 28.2 Å². The van der Waals surface area contributed by atoms with Crippen molar-refractivity contribution in [2.45, 2.75) is 38.4 Å². The van der Waals surface area contributed by atoms with Crippen LogP contribution in [0.3, 0.4) is 0 Å². The summed E-state index contributed by atoms with van der Waals surface area (Å²) >= 11 is 0. The molecule has 2 fully saturated rings. The molecule has 1 N–H and O–H groups in total. The topological polar surface area (TPSA) is 31.6 Å². The highest BCUT2D eigenvalue weighted by Gasteiger charge is 2.21. The summed E-state index contributed by atoms with van der Waals surface area (Å²) in [5.74, 6) is 1.15. The van der Waals surface area contributed by atoms with Gasteiger partial charge in [0.15, 0.2) is 0 Å². The molecule has 1 aliphatic carbocycles. The molecule has 0 aromatic carbocycles. The van der Waals surface area contributed by atoms with Crippen LogP contribution in [0, 0.1) is 0 Å². The summed E-state index contributed by atoms with van der Waals surface area (Å²) in [6.45, 7) is 6.63. The molecule has 1 saturated carbocycles. The van der Waals surface area contributed by atoms with Crippen molar-refractivity contribution in [1.29, 1.82) is 0 Å². The van der Waals surface area contributed by atoms with Gasteiger partial charge in [-0.25, -0.2) is 0 Å². The van der Waals surface area contributed by atoms with Crippen molar-refractivity contribution in [3.8, 4) is 0 Å². The van der Waals surface area contributed by atoms with Gasteiger partial charge in [0, 0.05) is 31.2 Å². The largest absolute Gasteiger partial charge is 0.468 e. The van der Waals surface area contributed by atoms with Crippen LogP contribution in [0.2, 0.25) is 0 Å². The summed E-state index contributed by atoms with van der Waals surface area (Å²) < 4.78 is 5.69. The highest BCUT2D eigenvalue weighted by molar-refractivity contribution is 5.17. The van der Waals surface area contributed by atoms with Crippen molar-refractivity contribution in [2.75, 3.05) is 33.2 Å². The smallest absolute Gasteiger partial charge is 0.122 e. The fourth-order valence-electron chi connectivity index (χ4n) is 2.67. The zero-order valence-corrected chi connectivity index (χ0v) is 11.9. The van der Waals surface area contributed by atoms with Crippen molar-refractivity contribution in [2.24, 2.45) is 0 Å². The molecule has 0 atom stereocenters. The lowest BCUT2D eigenvalue weighted by Gasteiger charge is -2.19. The third-order valence-electron chi connectivity index (χ3n) is 4.18. The van der Waals surface area contributed by atoms with Gasteiger partial charge >= 0.3 is 0 Å². The molecule has 1 aromatic rings. The molecule has 3 rings (SSSR count). The van der Waals surface area contributed by atoms with Crippen LogP contribution in [0.15, 0.2) is 16.7 Å². The monoisotopic (exact) mass is 263 g/mol. The van der Waals surface area contributed by atoms with E-state index >= 15 is 0 Å². The zero-order chi connectivity index (χ0) is 13.1. The van der Waals surface area contributed by atoms with Crippen molar-refractivity contribution in [1.82, 2.24) is 15.1 Å². The lowest BCUT2D eigenvalue weighted by atomic mass is 10.2. The number of nitrogens with one attached hydrogen (secondary N) is 1. The molecule has 0 bridgehead atoms. The maximum absolute atomic E-state index is 5.69. The number of furan rings is 1. The van der Waals surface area contributed by atoms with Crippen LogP contribution < -0.4 is 5.32 Å². The Bertz CT molecular complexity index is 400. The molecule has 19 heavy (non-hydrogen) atoms. The van der Waals surface area contributed by atoms with E-state index in [0.29, 0.717) is 0 Å². The van der Waals surface area contributed by atoms with Gasteiger partial charge in [-0.15, -0.1) is 0 Å². The SMILES string of the molecule is CN1CCCN(Cc2occc2CNC2CC2)CC1. The first kappa shape index (κ1) is 13.2. The van der Waals surface area contributed by atoms with Gasteiger partial charge in [0.25, 0.3) is 0 Å². The van der Waals surface area contributed by atoms with Crippen LogP contribution >= 0.6 is 0 Å². The lowest BCUT2D eigenvalue weighted by Crippen LogP contribution is -2.29. The van der Waals surface area contributed by atoms with E-state index in [1.165, 1.54) is 37.9 Å². The van der Waals surface area contributed by atoms with Crippen LogP contribution in [-0.2, 0) is 13.1 Å². The minimum absolute atomic E-state index is 0.759. The molecule has 2 heterocycles. The number of hydrogen-bond acceptors (Lipinski definition) is 4. The van der Waals surface area contributed by atoms with Crippen molar-refractivity contribution in [3.05, 3.63) is 23.7 Å². The first-order valence-corrected chi connectivity index (χ1v) is 7.51. The van der Waals surface area contributed by atoms with E-state index in [4.69, 9.17) is 4.42 Å². The van der Waals surface area contributed by atoms with E-state index in [1.54, 1.807) is 0 Å². The Balaban J connectivity index is 1.54. The second-order valence-electron chi connectivity index (χ2n) is 5.96. The molecule has 0 amide bonds. The van der Waals surface area contributed by atoms with Gasteiger partial charge in [-0.1, -0.05) is 0 Å². The van der Waals surface area contributed by atoms with E-state index in [9.17, 15) is 0 Å². The van der Waals surface area contributed by atoms with Gasteiger partial charge in [-0.2, -0.15) is 0 Å². The van der Waals surface area contributed by atoms with Gasteiger partial charge in [0.2, 0.25) is 0 Å². The molecular weight excluding hydrogens is 238 g/mol. The molecule has 1 saturated heterocycles. The maximum Gasteiger partial charge on any atom is 0.122 e. The quantitative estimate of drug-likeness (QED) is 0.875. The lowest BCUT2D eigenvalue weighted by molar-refractivity contribution is 0.247. The molecule has 4 nitrogen and oxygen atoms in total. The molecule has 4 heteroatoms. The molecule has 0 radical (unpaired) electrons. The minimum Gasteiger partial charge on any atom is -0.468 e. The Morgan fingerprint density at radius 3 is 3.00 bits per heavy atom. The molecule has 2 aliphatic rings. The number of nitrogens with zero attached hydrogens (tertiary/aromatic N) is 2. The van der Waals surface area contributed by atoms with E-state index in [-0.39, 0.29) is 0 Å². The van der Waals surface area contributed by atoms with Gasteiger partial charge in [0.1, 0.15) is 5.76 Å². The third-order valence-corrected chi connectivity index (χ3v) is 4.18. The van der Waals surface area contributed by atoms with Gasteiger partial charge < -0.3 is 14.6 Å².